The number of nitrogens with one attached hydrogen (secondary N) is 2. The van der Waals surface area contributed by atoms with Crippen LogP contribution >= 0.6 is 0 Å². The van der Waals surface area contributed by atoms with Gasteiger partial charge in [0.15, 0.2) is 0 Å². The van der Waals surface area contributed by atoms with E-state index in [9.17, 15) is 4.79 Å². The maximum Gasteiger partial charge on any atom is 0.239 e. The lowest BCUT2D eigenvalue weighted by molar-refractivity contribution is -0.119. The minimum absolute atomic E-state index is 0.0323. The normalized spacial score (nSPS) is 10.2. The van der Waals surface area contributed by atoms with Gasteiger partial charge in [-0.25, -0.2) is 0 Å². The predicted octanol–water partition coefficient (Wildman–Crippen LogP) is 2.95. The summed E-state index contributed by atoms with van der Waals surface area (Å²) >= 11 is 0. The molecule has 0 unspecified atom stereocenters. The molecule has 0 fully saturated rings. The summed E-state index contributed by atoms with van der Waals surface area (Å²) in [6.45, 7) is 4.00. The van der Waals surface area contributed by atoms with Gasteiger partial charge in [0.25, 0.3) is 0 Å². The van der Waals surface area contributed by atoms with Crippen LogP contribution in [0.15, 0.2) is 54.6 Å². The van der Waals surface area contributed by atoms with E-state index in [1.54, 1.807) is 0 Å². The first kappa shape index (κ1) is 16.0. The quantitative estimate of drug-likeness (QED) is 0.788. The Balaban J connectivity index is 1.81. The summed E-state index contributed by atoms with van der Waals surface area (Å²) in [5.74, 6) is -0.0323. The third-order valence-corrected chi connectivity index (χ3v) is 3.28. The third-order valence-electron chi connectivity index (χ3n) is 3.28. The molecule has 0 saturated carbocycles. The number of hydrogen-bond acceptors (Lipinski definition) is 3. The highest BCUT2D eigenvalue weighted by atomic mass is 16.5. The van der Waals surface area contributed by atoms with Gasteiger partial charge in [0.2, 0.25) is 5.91 Å². The second-order valence-corrected chi connectivity index (χ2v) is 4.90. The van der Waals surface area contributed by atoms with Crippen molar-refractivity contribution < 1.29 is 9.53 Å². The zero-order valence-corrected chi connectivity index (χ0v) is 12.8. The summed E-state index contributed by atoms with van der Waals surface area (Å²) in [5.41, 5.74) is 3.14. The van der Waals surface area contributed by atoms with Crippen LogP contribution in [-0.2, 0) is 22.7 Å². The van der Waals surface area contributed by atoms with Crippen LogP contribution in [0.5, 0.6) is 0 Å². The number of para-hydroxylation sites is 1. The van der Waals surface area contributed by atoms with Crippen molar-refractivity contribution in [1.82, 2.24) is 5.32 Å². The monoisotopic (exact) mass is 298 g/mol. The van der Waals surface area contributed by atoms with E-state index >= 15 is 0 Å². The van der Waals surface area contributed by atoms with Crippen LogP contribution in [0.25, 0.3) is 0 Å². The van der Waals surface area contributed by atoms with Crippen LogP contribution in [-0.4, -0.2) is 19.1 Å². The molecule has 0 heterocycles. The van der Waals surface area contributed by atoms with Crippen LogP contribution < -0.4 is 10.6 Å². The van der Waals surface area contributed by atoms with E-state index in [0.717, 1.165) is 16.8 Å². The van der Waals surface area contributed by atoms with Gasteiger partial charge in [-0.3, -0.25) is 4.79 Å². The maximum absolute atomic E-state index is 11.9. The SMILES string of the molecule is CCOCc1ccccc1CNC(=O)CNc1ccccc1. The Labute approximate surface area is 131 Å². The van der Waals surface area contributed by atoms with Crippen molar-refractivity contribution >= 4 is 11.6 Å². The molecule has 4 heteroatoms. The molecule has 2 aromatic carbocycles. The average molecular weight is 298 g/mol. The minimum Gasteiger partial charge on any atom is -0.377 e. The number of hydrogen-bond donors (Lipinski definition) is 2. The van der Waals surface area contributed by atoms with Crippen LogP contribution in [0.1, 0.15) is 18.1 Å². The smallest absolute Gasteiger partial charge is 0.239 e. The zero-order valence-electron chi connectivity index (χ0n) is 12.8. The number of carbonyl (C=O) groups is 1. The molecule has 0 bridgehead atoms. The molecule has 1 amide bonds. The minimum atomic E-state index is -0.0323. The van der Waals surface area contributed by atoms with E-state index in [1.165, 1.54) is 0 Å². The van der Waals surface area contributed by atoms with Crippen molar-refractivity contribution in [3.63, 3.8) is 0 Å². The molecule has 0 atom stereocenters. The van der Waals surface area contributed by atoms with Gasteiger partial charge in [-0.05, 0) is 30.2 Å². The van der Waals surface area contributed by atoms with Crippen molar-refractivity contribution in [2.45, 2.75) is 20.1 Å². The zero-order chi connectivity index (χ0) is 15.6. The van der Waals surface area contributed by atoms with Gasteiger partial charge in [-0.1, -0.05) is 42.5 Å². The Bertz CT molecular complexity index is 585. The van der Waals surface area contributed by atoms with Gasteiger partial charge in [0, 0.05) is 18.8 Å². The molecule has 0 aliphatic carbocycles. The fourth-order valence-corrected chi connectivity index (χ4v) is 2.08. The maximum atomic E-state index is 11.9. The molecule has 0 radical (unpaired) electrons. The summed E-state index contributed by atoms with van der Waals surface area (Å²) in [5, 5.41) is 6.02. The number of benzene rings is 2. The first-order chi connectivity index (χ1) is 10.8. The Morgan fingerprint density at radius 3 is 2.41 bits per heavy atom. The molecule has 0 saturated heterocycles. The summed E-state index contributed by atoms with van der Waals surface area (Å²) in [7, 11) is 0. The molecule has 2 N–H and O–H groups in total. The molecule has 2 aromatic rings. The fraction of sp³-hybridized carbons (Fsp3) is 0.278. The van der Waals surface area contributed by atoms with E-state index in [2.05, 4.69) is 10.6 Å². The molecule has 0 spiro atoms. The molecule has 0 aliphatic heterocycles. The van der Waals surface area contributed by atoms with Crippen molar-refractivity contribution in [2.75, 3.05) is 18.5 Å². The van der Waals surface area contributed by atoms with Crippen LogP contribution in [0.2, 0.25) is 0 Å². The Morgan fingerprint density at radius 2 is 1.68 bits per heavy atom. The van der Waals surface area contributed by atoms with Crippen molar-refractivity contribution in [3.05, 3.63) is 65.7 Å². The molecular formula is C18H22N2O2. The van der Waals surface area contributed by atoms with E-state index in [4.69, 9.17) is 4.74 Å². The number of amides is 1. The standard InChI is InChI=1S/C18H22N2O2/c1-2-22-14-16-9-7-6-8-15(16)12-20-18(21)13-19-17-10-4-3-5-11-17/h3-11,19H,2,12-14H2,1H3,(H,20,21). The highest BCUT2D eigenvalue weighted by Gasteiger charge is 2.05. The lowest BCUT2D eigenvalue weighted by Crippen LogP contribution is -2.29. The molecule has 22 heavy (non-hydrogen) atoms. The van der Waals surface area contributed by atoms with Crippen molar-refractivity contribution in [1.29, 1.82) is 0 Å². The fourth-order valence-electron chi connectivity index (χ4n) is 2.08. The largest absolute Gasteiger partial charge is 0.377 e. The summed E-state index contributed by atoms with van der Waals surface area (Å²) in [6, 6.07) is 17.7. The second kappa shape index (κ2) is 8.85. The van der Waals surface area contributed by atoms with Crippen LogP contribution in [0.4, 0.5) is 5.69 Å². The third kappa shape index (κ3) is 5.22. The van der Waals surface area contributed by atoms with Crippen LogP contribution in [0.3, 0.4) is 0 Å². The van der Waals surface area contributed by atoms with E-state index in [1.807, 2.05) is 61.5 Å². The van der Waals surface area contributed by atoms with Gasteiger partial charge >= 0.3 is 0 Å². The summed E-state index contributed by atoms with van der Waals surface area (Å²) in [4.78, 5) is 11.9. The Hall–Kier alpha value is -2.33. The highest BCUT2D eigenvalue weighted by Crippen LogP contribution is 2.10. The molecule has 0 aliphatic rings. The topological polar surface area (TPSA) is 50.4 Å². The van der Waals surface area contributed by atoms with Gasteiger partial charge in [-0.2, -0.15) is 0 Å². The van der Waals surface area contributed by atoms with Gasteiger partial charge in [0.05, 0.1) is 13.2 Å². The summed E-state index contributed by atoms with van der Waals surface area (Å²) < 4.78 is 5.45. The summed E-state index contributed by atoms with van der Waals surface area (Å²) in [6.07, 6.45) is 0. The van der Waals surface area contributed by atoms with Crippen molar-refractivity contribution in [2.24, 2.45) is 0 Å². The molecular weight excluding hydrogens is 276 g/mol. The van der Waals surface area contributed by atoms with E-state index < -0.39 is 0 Å². The van der Waals surface area contributed by atoms with E-state index in [0.29, 0.717) is 19.8 Å². The molecule has 2 rings (SSSR count). The second-order valence-electron chi connectivity index (χ2n) is 4.90. The van der Waals surface area contributed by atoms with Gasteiger partial charge < -0.3 is 15.4 Å². The predicted molar refractivity (Wildman–Crippen MR) is 88.6 cm³/mol. The van der Waals surface area contributed by atoms with Gasteiger partial charge in [0.1, 0.15) is 0 Å². The highest BCUT2D eigenvalue weighted by molar-refractivity contribution is 5.80. The lowest BCUT2D eigenvalue weighted by atomic mass is 10.1. The van der Waals surface area contributed by atoms with E-state index in [-0.39, 0.29) is 12.5 Å². The lowest BCUT2D eigenvalue weighted by Gasteiger charge is -2.11. The molecule has 116 valence electrons. The molecule has 0 aromatic heterocycles. The number of carbonyl (C=O) groups excluding carboxylic acids is 1. The number of rotatable bonds is 8. The number of anilines is 1. The Kier molecular flexibility index (Phi) is 6.45. The van der Waals surface area contributed by atoms with Crippen molar-refractivity contribution in [3.8, 4) is 0 Å². The van der Waals surface area contributed by atoms with Crippen LogP contribution in [0, 0.1) is 0 Å². The first-order valence-corrected chi connectivity index (χ1v) is 7.49. The molecule has 4 nitrogen and oxygen atoms in total. The Morgan fingerprint density at radius 1 is 1.00 bits per heavy atom. The first-order valence-electron chi connectivity index (χ1n) is 7.49. The average Bonchev–Trinajstić information content (AvgIpc) is 2.58. The number of ether oxygens (including phenoxy) is 1. The van der Waals surface area contributed by atoms with Gasteiger partial charge in [-0.15, -0.1) is 0 Å².